The van der Waals surface area contributed by atoms with Crippen molar-refractivity contribution < 1.29 is 21.1 Å². The summed E-state index contributed by atoms with van der Waals surface area (Å²) in [7, 11) is 2.28. The zero-order chi connectivity index (χ0) is 21.5. The van der Waals surface area contributed by atoms with Gasteiger partial charge >= 0.3 is 0 Å². The third-order valence-corrected chi connectivity index (χ3v) is 0. The third-order valence-electron chi connectivity index (χ3n) is 0. The van der Waals surface area contributed by atoms with Gasteiger partial charge in [-0.3, -0.25) is 0 Å². The first-order valence-electron chi connectivity index (χ1n) is 8.05. The molecule has 0 aliphatic rings. The van der Waals surface area contributed by atoms with Gasteiger partial charge in [-0.25, -0.2) is 0 Å². The Morgan fingerprint density at radius 3 is 0.200 bits per heavy atom. The van der Waals surface area contributed by atoms with Gasteiger partial charge in [-0.15, -0.1) is 47.5 Å². The van der Waals surface area contributed by atoms with E-state index in [2.05, 4.69) is 120 Å². The van der Waals surface area contributed by atoms with Crippen molar-refractivity contribution in [2.24, 2.45) is 0 Å². The van der Waals surface area contributed by atoms with E-state index < -0.39 is 0 Å². The van der Waals surface area contributed by atoms with Gasteiger partial charge < -0.3 is 0 Å². The van der Waals surface area contributed by atoms with Crippen LogP contribution in [0.1, 0.15) is 0 Å². The molecule has 0 fully saturated rings. The molecule has 0 aliphatic carbocycles. The molecule has 7 heteroatoms. The Hall–Kier alpha value is 3.27. The molecular weight excluding hydrogens is 586 g/mol. The molecule has 0 heterocycles. The largest absolute Gasteiger partial charge is 0.116 e. The molecule has 0 aromatic rings. The molecule has 0 aromatic carbocycles. The summed E-state index contributed by atoms with van der Waals surface area (Å²) in [5, 5.41) is 0. The van der Waals surface area contributed by atoms with Crippen molar-refractivity contribution >= 4 is 47.5 Å². The predicted molar refractivity (Wildman–Crippen MR) is 148 cm³/mol. The van der Waals surface area contributed by atoms with Crippen LogP contribution in [0.4, 0.5) is 0 Å². The molecular formula is C18H54P6W. The Morgan fingerprint density at radius 1 is 0.200 bits per heavy atom. The summed E-state index contributed by atoms with van der Waals surface area (Å²) in [6.07, 6.45) is 0. The fraction of sp³-hybridized carbons (Fsp3) is 1.00. The van der Waals surface area contributed by atoms with Crippen LogP contribution in [0.2, 0.25) is 0 Å². The molecule has 162 valence electrons. The average molecular weight is 640 g/mol. The standard InChI is InChI=1S/6C3H9P.W/c6*1-4(2)3;/h6*1-3H3;. The Kier molecular flexibility index (Phi) is 77.3. The van der Waals surface area contributed by atoms with Gasteiger partial charge in [0.15, 0.2) is 0 Å². The van der Waals surface area contributed by atoms with E-state index in [-0.39, 0.29) is 21.1 Å². The Labute approximate surface area is 187 Å². The first kappa shape index (κ1) is 46.5. The van der Waals surface area contributed by atoms with Gasteiger partial charge in [0.2, 0.25) is 0 Å². The third kappa shape index (κ3) is 1630. The summed E-state index contributed by atoms with van der Waals surface area (Å²) in [6, 6.07) is 0. The number of hydrogen-bond acceptors (Lipinski definition) is 0. The molecule has 0 atom stereocenters. The van der Waals surface area contributed by atoms with Crippen LogP contribution in [0, 0.1) is 0 Å². The first-order chi connectivity index (χ1) is 10.4. The summed E-state index contributed by atoms with van der Waals surface area (Å²) in [5.41, 5.74) is 0. The fourth-order valence-corrected chi connectivity index (χ4v) is 0. The monoisotopic (exact) mass is 640 g/mol. The average Bonchev–Trinajstić information content (AvgIpc) is 2.08. The summed E-state index contributed by atoms with van der Waals surface area (Å²) in [5.74, 6) is 0. The molecule has 25 heavy (non-hydrogen) atoms. The minimum absolute atomic E-state index is 0. The molecule has 0 radical (unpaired) electrons. The molecule has 0 N–H and O–H groups in total. The van der Waals surface area contributed by atoms with Crippen molar-refractivity contribution in [1.29, 1.82) is 0 Å². The number of rotatable bonds is 0. The van der Waals surface area contributed by atoms with Gasteiger partial charge in [-0.1, -0.05) is 0 Å². The van der Waals surface area contributed by atoms with E-state index in [0.717, 1.165) is 0 Å². The van der Waals surface area contributed by atoms with E-state index in [0.29, 0.717) is 47.5 Å². The molecule has 0 amide bonds. The van der Waals surface area contributed by atoms with Crippen LogP contribution in [0.15, 0.2) is 0 Å². The Bertz CT molecular complexity index is 101. The summed E-state index contributed by atoms with van der Waals surface area (Å²) in [6.45, 7) is 40.2. The van der Waals surface area contributed by atoms with E-state index in [1.807, 2.05) is 0 Å². The molecule has 0 rings (SSSR count). The maximum atomic E-state index is 2.23. The smallest absolute Gasteiger partial charge is 0 e. The van der Waals surface area contributed by atoms with E-state index >= 15 is 0 Å². The second-order valence-corrected chi connectivity index (χ2v) is 24.1. The van der Waals surface area contributed by atoms with Crippen LogP contribution in [0.25, 0.3) is 0 Å². The van der Waals surface area contributed by atoms with Gasteiger partial charge in [-0.2, -0.15) is 0 Å². The Morgan fingerprint density at radius 2 is 0.200 bits per heavy atom. The van der Waals surface area contributed by atoms with Crippen molar-refractivity contribution in [3.8, 4) is 0 Å². The number of hydrogen-bond donors (Lipinski definition) is 0. The predicted octanol–water partition coefficient (Wildman–Crippen LogP) is 8.14. The zero-order valence-electron chi connectivity index (χ0n) is 21.1. The molecule has 0 nitrogen and oxygen atoms in total. The van der Waals surface area contributed by atoms with E-state index in [1.54, 1.807) is 0 Å². The van der Waals surface area contributed by atoms with Crippen LogP contribution in [-0.4, -0.2) is 120 Å². The van der Waals surface area contributed by atoms with Crippen molar-refractivity contribution in [2.75, 3.05) is 120 Å². The summed E-state index contributed by atoms with van der Waals surface area (Å²) < 4.78 is 0. The maximum Gasteiger partial charge on any atom is 0 e. The molecule has 0 saturated carbocycles. The van der Waals surface area contributed by atoms with Gasteiger partial charge in [0, 0.05) is 21.1 Å². The molecule has 0 aliphatic heterocycles. The van der Waals surface area contributed by atoms with Crippen LogP contribution in [0.5, 0.6) is 0 Å². The maximum absolute atomic E-state index is 2.23. The normalized spacial score (nSPS) is 8.64. The molecule has 0 saturated heterocycles. The van der Waals surface area contributed by atoms with Crippen molar-refractivity contribution in [3.63, 3.8) is 0 Å². The second kappa shape index (κ2) is 41.6. The van der Waals surface area contributed by atoms with Crippen molar-refractivity contribution in [1.82, 2.24) is 0 Å². The van der Waals surface area contributed by atoms with Crippen molar-refractivity contribution in [3.05, 3.63) is 0 Å². The molecule has 0 spiro atoms. The van der Waals surface area contributed by atoms with E-state index in [9.17, 15) is 0 Å². The fourth-order valence-electron chi connectivity index (χ4n) is 0. The second-order valence-electron chi connectivity index (χ2n) is 8.05. The van der Waals surface area contributed by atoms with Gasteiger partial charge in [-0.05, 0) is 120 Å². The molecule has 0 aromatic heterocycles. The van der Waals surface area contributed by atoms with Crippen LogP contribution >= 0.6 is 47.5 Å². The summed E-state index contributed by atoms with van der Waals surface area (Å²) >= 11 is 0. The minimum atomic E-state index is 0. The van der Waals surface area contributed by atoms with Crippen LogP contribution in [0.3, 0.4) is 0 Å². The van der Waals surface area contributed by atoms with Crippen molar-refractivity contribution in [2.45, 2.75) is 0 Å². The molecule has 0 unspecified atom stereocenters. The SMILES string of the molecule is CP(C)C.CP(C)C.CP(C)C.CP(C)C.CP(C)C.CP(C)C.[W]. The van der Waals surface area contributed by atoms with Gasteiger partial charge in [0.1, 0.15) is 0 Å². The minimum Gasteiger partial charge on any atom is -0.116 e. The van der Waals surface area contributed by atoms with Crippen LogP contribution < -0.4 is 0 Å². The Balaban J connectivity index is -0.0000000309. The van der Waals surface area contributed by atoms with Gasteiger partial charge in [0.25, 0.3) is 0 Å². The molecule has 0 bridgehead atoms. The topological polar surface area (TPSA) is 0 Å². The van der Waals surface area contributed by atoms with E-state index in [4.69, 9.17) is 0 Å². The summed E-state index contributed by atoms with van der Waals surface area (Å²) in [4.78, 5) is 0. The first-order valence-corrected chi connectivity index (χ1v) is 24.1. The quantitative estimate of drug-likeness (QED) is 0.235. The van der Waals surface area contributed by atoms with E-state index in [1.165, 1.54) is 0 Å². The van der Waals surface area contributed by atoms with Gasteiger partial charge in [0.05, 0.1) is 0 Å². The van der Waals surface area contributed by atoms with Crippen LogP contribution in [-0.2, 0) is 21.1 Å². The zero-order valence-corrected chi connectivity index (χ0v) is 29.4.